The molecule has 0 radical (unpaired) electrons. The summed E-state index contributed by atoms with van der Waals surface area (Å²) in [4.78, 5) is 15.0. The molecule has 4 aliphatic rings. The highest BCUT2D eigenvalue weighted by Gasteiger charge is 2.59. The number of nitrogens with zero attached hydrogens (tertiary/aromatic N) is 3. The number of fused-ring (bicyclic) bond motifs is 5. The zero-order valence-corrected chi connectivity index (χ0v) is 18.3. The summed E-state index contributed by atoms with van der Waals surface area (Å²) in [5.74, 6) is 4.31. The van der Waals surface area contributed by atoms with Crippen molar-refractivity contribution in [1.82, 2.24) is 15.0 Å². The van der Waals surface area contributed by atoms with Gasteiger partial charge in [-0.05, 0) is 107 Å². The Morgan fingerprint density at radius 3 is 2.48 bits per heavy atom. The van der Waals surface area contributed by atoms with E-state index in [2.05, 4.69) is 17.1 Å². The van der Waals surface area contributed by atoms with E-state index in [1.807, 2.05) is 13.8 Å². The Morgan fingerprint density at radius 2 is 1.72 bits per heavy atom. The molecule has 4 saturated carbocycles. The van der Waals surface area contributed by atoms with Gasteiger partial charge in [-0.3, -0.25) is 4.79 Å². The predicted octanol–water partition coefficient (Wildman–Crippen LogP) is 4.43. The van der Waals surface area contributed by atoms with Crippen LogP contribution in [0.5, 0.6) is 0 Å². The molecule has 1 aromatic heterocycles. The summed E-state index contributed by atoms with van der Waals surface area (Å²) in [5, 5.41) is 19.0. The zero-order valence-electron chi connectivity index (χ0n) is 18.3. The van der Waals surface area contributed by atoms with E-state index in [0.29, 0.717) is 17.6 Å². The number of carbonyl (C=O) groups excluding carboxylic acids is 1. The quantitative estimate of drug-likeness (QED) is 0.816. The fourth-order valence-corrected chi connectivity index (χ4v) is 8.38. The molecule has 5 nitrogen and oxygen atoms in total. The molecule has 29 heavy (non-hydrogen) atoms. The lowest BCUT2D eigenvalue weighted by molar-refractivity contribution is -0.135. The van der Waals surface area contributed by atoms with Gasteiger partial charge in [0, 0.05) is 5.92 Å². The number of Topliss-reactive ketones (excluding diaryl/α,β-unsaturated/α-hetero) is 1. The zero-order chi connectivity index (χ0) is 20.4. The summed E-state index contributed by atoms with van der Waals surface area (Å²) in [6.07, 6.45) is 13.8. The molecule has 0 spiro atoms. The Labute approximate surface area is 174 Å². The first kappa shape index (κ1) is 19.7. The third-order valence-electron chi connectivity index (χ3n) is 9.78. The van der Waals surface area contributed by atoms with Crippen LogP contribution in [-0.4, -0.2) is 31.5 Å². The van der Waals surface area contributed by atoms with Crippen molar-refractivity contribution in [2.45, 2.75) is 90.2 Å². The van der Waals surface area contributed by atoms with Crippen LogP contribution in [0.15, 0.2) is 12.4 Å². The Bertz CT molecular complexity index is 760. The number of ketones is 1. The van der Waals surface area contributed by atoms with Gasteiger partial charge in [-0.15, -0.1) is 0 Å². The topological polar surface area (TPSA) is 68.0 Å². The summed E-state index contributed by atoms with van der Waals surface area (Å²) in [5.41, 5.74) is -0.300. The molecule has 4 aliphatic carbocycles. The minimum Gasteiger partial charge on any atom is -0.390 e. The summed E-state index contributed by atoms with van der Waals surface area (Å²) in [7, 11) is 0. The standard InChI is InChI=1S/C24H37N3O2/c1-15(27-25-12-13-26-27)22(28)21-7-6-20-19-5-4-16-14-23(2,29)10-8-17(16)18(19)9-11-24(20,21)3/h12-13,15-21,29H,4-11,14H2,1-3H3/t15-,16-,17?,18-,19-,20+,21-,23-,24+/m1/s1. The van der Waals surface area contributed by atoms with Crippen molar-refractivity contribution in [1.29, 1.82) is 0 Å². The monoisotopic (exact) mass is 399 g/mol. The molecule has 0 amide bonds. The normalized spacial score (nSPS) is 47.7. The number of carbonyl (C=O) groups is 1. The van der Waals surface area contributed by atoms with Crippen LogP contribution in [-0.2, 0) is 4.79 Å². The lowest BCUT2D eigenvalue weighted by Crippen LogP contribution is -2.51. The first-order valence-electron chi connectivity index (χ1n) is 11.9. The smallest absolute Gasteiger partial charge is 0.162 e. The maximum atomic E-state index is 13.4. The van der Waals surface area contributed by atoms with Crippen LogP contribution in [0.4, 0.5) is 0 Å². The molecule has 0 aliphatic heterocycles. The first-order chi connectivity index (χ1) is 13.8. The van der Waals surface area contributed by atoms with Gasteiger partial charge in [0.1, 0.15) is 6.04 Å². The summed E-state index contributed by atoms with van der Waals surface area (Å²) in [6, 6.07) is -0.264. The largest absolute Gasteiger partial charge is 0.390 e. The van der Waals surface area contributed by atoms with Crippen LogP contribution in [0, 0.1) is 40.9 Å². The van der Waals surface area contributed by atoms with Crippen LogP contribution in [0.1, 0.15) is 84.6 Å². The Morgan fingerprint density at radius 1 is 1.00 bits per heavy atom. The van der Waals surface area contributed by atoms with E-state index in [9.17, 15) is 9.90 Å². The van der Waals surface area contributed by atoms with E-state index in [0.717, 1.165) is 37.0 Å². The second-order valence-electron chi connectivity index (χ2n) is 11.3. The molecule has 9 atom stereocenters. The fraction of sp³-hybridized carbons (Fsp3) is 0.875. The summed E-state index contributed by atoms with van der Waals surface area (Å²) >= 11 is 0. The van der Waals surface area contributed by atoms with Gasteiger partial charge in [0.15, 0.2) is 5.78 Å². The van der Waals surface area contributed by atoms with Gasteiger partial charge < -0.3 is 5.11 Å². The second kappa shape index (κ2) is 6.90. The van der Waals surface area contributed by atoms with E-state index >= 15 is 0 Å². The molecule has 160 valence electrons. The van der Waals surface area contributed by atoms with Gasteiger partial charge in [0.05, 0.1) is 18.0 Å². The predicted molar refractivity (Wildman–Crippen MR) is 111 cm³/mol. The SMILES string of the molecule is C[C@H](C(=O)[C@H]1CC[C@H]2[C@@H]3CC[C@@H]4C[C@](C)(O)CCC4[C@H]3CC[C@]12C)n1nccn1. The van der Waals surface area contributed by atoms with E-state index in [4.69, 9.17) is 0 Å². The average Bonchev–Trinajstić information content (AvgIpc) is 3.33. The maximum Gasteiger partial charge on any atom is 0.162 e. The van der Waals surface area contributed by atoms with E-state index in [1.165, 1.54) is 38.5 Å². The van der Waals surface area contributed by atoms with Crippen LogP contribution < -0.4 is 0 Å². The van der Waals surface area contributed by atoms with E-state index in [1.54, 1.807) is 17.2 Å². The minimum absolute atomic E-state index is 0.145. The molecule has 5 rings (SSSR count). The first-order valence-corrected chi connectivity index (χ1v) is 11.9. The fourth-order valence-electron chi connectivity index (χ4n) is 8.38. The van der Waals surface area contributed by atoms with E-state index < -0.39 is 5.60 Å². The van der Waals surface area contributed by atoms with Gasteiger partial charge in [0.2, 0.25) is 0 Å². The molecule has 1 heterocycles. The molecule has 0 saturated heterocycles. The molecular formula is C24H37N3O2. The highest BCUT2D eigenvalue weighted by atomic mass is 16.3. The molecule has 1 aromatic rings. The molecule has 1 unspecified atom stereocenters. The van der Waals surface area contributed by atoms with E-state index in [-0.39, 0.29) is 17.4 Å². The Hall–Kier alpha value is -1.23. The highest BCUT2D eigenvalue weighted by molar-refractivity contribution is 5.85. The molecule has 0 aromatic carbocycles. The lowest BCUT2D eigenvalue weighted by atomic mass is 9.49. The van der Waals surface area contributed by atoms with Gasteiger partial charge >= 0.3 is 0 Å². The minimum atomic E-state index is -0.446. The average molecular weight is 400 g/mol. The molecule has 1 N–H and O–H groups in total. The third kappa shape index (κ3) is 3.10. The van der Waals surface area contributed by atoms with Crippen molar-refractivity contribution in [2.24, 2.45) is 40.9 Å². The molecule has 4 fully saturated rings. The number of aliphatic hydroxyl groups is 1. The van der Waals surface area contributed by atoms with Crippen LogP contribution in [0.25, 0.3) is 0 Å². The van der Waals surface area contributed by atoms with Crippen molar-refractivity contribution >= 4 is 5.78 Å². The third-order valence-corrected chi connectivity index (χ3v) is 9.78. The Kier molecular flexibility index (Phi) is 4.69. The van der Waals surface area contributed by atoms with Gasteiger partial charge in [0.25, 0.3) is 0 Å². The van der Waals surface area contributed by atoms with Crippen LogP contribution in [0.2, 0.25) is 0 Å². The van der Waals surface area contributed by atoms with Crippen molar-refractivity contribution in [3.05, 3.63) is 12.4 Å². The number of hydrogen-bond acceptors (Lipinski definition) is 4. The van der Waals surface area contributed by atoms with Crippen LogP contribution in [0.3, 0.4) is 0 Å². The number of aromatic nitrogens is 3. The molecule has 0 bridgehead atoms. The van der Waals surface area contributed by atoms with Crippen molar-refractivity contribution in [2.75, 3.05) is 0 Å². The summed E-state index contributed by atoms with van der Waals surface area (Å²) < 4.78 is 0. The molecule has 5 heteroatoms. The summed E-state index contributed by atoms with van der Waals surface area (Å²) in [6.45, 7) is 6.42. The Balaban J connectivity index is 1.34. The number of hydrogen-bond donors (Lipinski definition) is 1. The van der Waals surface area contributed by atoms with Crippen molar-refractivity contribution in [3.63, 3.8) is 0 Å². The van der Waals surface area contributed by atoms with Gasteiger partial charge in [-0.1, -0.05) is 6.92 Å². The lowest BCUT2D eigenvalue weighted by Gasteiger charge is -2.57. The van der Waals surface area contributed by atoms with Gasteiger partial charge in [-0.25, -0.2) is 0 Å². The number of rotatable bonds is 3. The van der Waals surface area contributed by atoms with Crippen molar-refractivity contribution < 1.29 is 9.90 Å². The van der Waals surface area contributed by atoms with Crippen molar-refractivity contribution in [3.8, 4) is 0 Å². The highest BCUT2D eigenvalue weighted by Crippen LogP contribution is 2.65. The maximum absolute atomic E-state index is 13.4. The molecular weight excluding hydrogens is 362 g/mol. The van der Waals surface area contributed by atoms with Gasteiger partial charge in [-0.2, -0.15) is 15.0 Å². The van der Waals surface area contributed by atoms with Crippen LogP contribution >= 0.6 is 0 Å². The second-order valence-corrected chi connectivity index (χ2v) is 11.3.